The summed E-state index contributed by atoms with van der Waals surface area (Å²) in [5, 5.41) is 0. The van der Waals surface area contributed by atoms with Crippen LogP contribution in [0.15, 0.2) is 43.1 Å². The largest absolute Gasteiger partial charge is 0.373 e. The van der Waals surface area contributed by atoms with E-state index in [-0.39, 0.29) is 17.6 Å². The van der Waals surface area contributed by atoms with Gasteiger partial charge in [-0.15, -0.1) is 0 Å². The molecule has 0 saturated carbocycles. The fourth-order valence-electron chi connectivity index (χ4n) is 3.41. The molecule has 1 spiro atoms. The average molecular weight is 340 g/mol. The third-order valence-corrected chi connectivity index (χ3v) is 4.73. The first-order chi connectivity index (χ1) is 12.2. The topological polar surface area (TPSA) is 77.4 Å². The van der Waals surface area contributed by atoms with E-state index >= 15 is 0 Å². The molecule has 1 unspecified atom stereocenters. The van der Waals surface area contributed by atoms with Crippen LogP contribution in [-0.2, 0) is 16.1 Å². The monoisotopic (exact) mass is 340 g/mol. The van der Waals surface area contributed by atoms with Crippen molar-refractivity contribution < 1.29 is 14.3 Å². The number of aromatic nitrogens is 3. The molecule has 2 aromatic rings. The van der Waals surface area contributed by atoms with Gasteiger partial charge < -0.3 is 14.4 Å². The first-order valence-corrected chi connectivity index (χ1v) is 8.44. The minimum Gasteiger partial charge on any atom is -0.373 e. The van der Waals surface area contributed by atoms with Gasteiger partial charge >= 0.3 is 0 Å². The van der Waals surface area contributed by atoms with Crippen molar-refractivity contribution in [3.8, 4) is 0 Å². The van der Waals surface area contributed by atoms with Crippen LogP contribution in [0.1, 0.15) is 28.9 Å². The normalized spacial score (nSPS) is 21.8. The lowest BCUT2D eigenvalue weighted by molar-refractivity contribution is -0.188. The molecule has 130 valence electrons. The van der Waals surface area contributed by atoms with Crippen molar-refractivity contribution >= 4 is 5.91 Å². The summed E-state index contributed by atoms with van der Waals surface area (Å²) in [5.74, 6) is -0.0727. The number of pyridine rings is 1. The first-order valence-electron chi connectivity index (χ1n) is 8.44. The van der Waals surface area contributed by atoms with Crippen molar-refractivity contribution in [1.29, 1.82) is 0 Å². The highest BCUT2D eigenvalue weighted by Crippen LogP contribution is 2.36. The van der Waals surface area contributed by atoms with Gasteiger partial charge in [-0.1, -0.05) is 0 Å². The lowest BCUT2D eigenvalue weighted by Gasteiger charge is -2.52. The van der Waals surface area contributed by atoms with Gasteiger partial charge in [-0.05, 0) is 30.2 Å². The molecular weight excluding hydrogens is 320 g/mol. The third-order valence-electron chi connectivity index (χ3n) is 4.73. The number of likely N-dealkylation sites (tertiary alicyclic amines) is 1. The number of nitrogens with zero attached hydrogens (tertiary/aromatic N) is 4. The molecule has 2 aliphatic heterocycles. The number of carbonyl (C=O) groups excluding carboxylic acids is 1. The zero-order valence-corrected chi connectivity index (χ0v) is 13.9. The highest BCUT2D eigenvalue weighted by atomic mass is 16.5. The molecule has 0 N–H and O–H groups in total. The van der Waals surface area contributed by atoms with Crippen molar-refractivity contribution in [2.75, 3.05) is 19.7 Å². The SMILES string of the molecule is O=C(c1ccncn1)N1CC2(CC(OCc3ccncc3)CCO2)C1. The Labute approximate surface area is 146 Å². The van der Waals surface area contributed by atoms with Crippen LogP contribution in [0.4, 0.5) is 0 Å². The molecule has 4 heterocycles. The lowest BCUT2D eigenvalue weighted by Crippen LogP contribution is -2.67. The fraction of sp³-hybridized carbons (Fsp3) is 0.444. The average Bonchev–Trinajstić information content (AvgIpc) is 2.65. The van der Waals surface area contributed by atoms with Gasteiger partial charge in [0.1, 0.15) is 17.6 Å². The van der Waals surface area contributed by atoms with E-state index in [1.165, 1.54) is 6.33 Å². The van der Waals surface area contributed by atoms with E-state index in [1.54, 1.807) is 29.6 Å². The molecule has 0 radical (unpaired) electrons. The molecule has 25 heavy (non-hydrogen) atoms. The Bertz CT molecular complexity index is 720. The van der Waals surface area contributed by atoms with Gasteiger partial charge in [0, 0.05) is 31.6 Å². The molecule has 2 fully saturated rings. The maximum Gasteiger partial charge on any atom is 0.272 e. The van der Waals surface area contributed by atoms with Crippen LogP contribution in [0.25, 0.3) is 0 Å². The zero-order valence-electron chi connectivity index (χ0n) is 13.9. The molecular formula is C18H20N4O3. The molecule has 7 nitrogen and oxygen atoms in total. The van der Waals surface area contributed by atoms with Crippen LogP contribution in [0, 0.1) is 0 Å². The molecule has 4 rings (SSSR count). The standard InChI is InChI=1S/C18H20N4O3/c23-17(16-3-7-20-13-21-16)22-11-18(12-22)9-15(4-8-25-18)24-10-14-1-5-19-6-2-14/h1-3,5-7,13,15H,4,8-12H2. The molecule has 0 bridgehead atoms. The maximum atomic E-state index is 12.4. The number of amides is 1. The Hall–Kier alpha value is -2.38. The van der Waals surface area contributed by atoms with E-state index in [2.05, 4.69) is 15.0 Å². The third kappa shape index (κ3) is 3.52. The second-order valence-electron chi connectivity index (χ2n) is 6.57. The van der Waals surface area contributed by atoms with Crippen molar-refractivity contribution in [3.05, 3.63) is 54.4 Å². The van der Waals surface area contributed by atoms with Gasteiger partial charge in [0.15, 0.2) is 0 Å². The summed E-state index contributed by atoms with van der Waals surface area (Å²) in [6, 6.07) is 5.55. The predicted octanol–water partition coefficient (Wildman–Crippen LogP) is 1.46. The second-order valence-corrected chi connectivity index (χ2v) is 6.57. The Morgan fingerprint density at radius 3 is 2.80 bits per heavy atom. The van der Waals surface area contributed by atoms with Crippen LogP contribution in [0.3, 0.4) is 0 Å². The number of hydrogen-bond donors (Lipinski definition) is 0. The predicted molar refractivity (Wildman–Crippen MR) is 88.7 cm³/mol. The summed E-state index contributed by atoms with van der Waals surface area (Å²) in [6.07, 6.45) is 8.36. The Kier molecular flexibility index (Phi) is 4.42. The van der Waals surface area contributed by atoms with Gasteiger partial charge in [0.05, 0.1) is 25.8 Å². The zero-order chi connectivity index (χ0) is 17.1. The van der Waals surface area contributed by atoms with Crippen LogP contribution in [0.2, 0.25) is 0 Å². The van der Waals surface area contributed by atoms with Crippen LogP contribution < -0.4 is 0 Å². The van der Waals surface area contributed by atoms with E-state index in [0.717, 1.165) is 18.4 Å². The Balaban J connectivity index is 1.31. The molecule has 1 atom stereocenters. The summed E-state index contributed by atoms with van der Waals surface area (Å²) in [4.78, 5) is 26.0. The lowest BCUT2D eigenvalue weighted by atomic mass is 9.84. The van der Waals surface area contributed by atoms with Gasteiger partial charge in [0.2, 0.25) is 0 Å². The first kappa shape index (κ1) is 16.1. The van der Waals surface area contributed by atoms with Crippen molar-refractivity contribution in [2.24, 2.45) is 0 Å². The van der Waals surface area contributed by atoms with E-state index in [1.807, 2.05) is 12.1 Å². The number of rotatable bonds is 4. The van der Waals surface area contributed by atoms with E-state index in [9.17, 15) is 4.79 Å². The number of ether oxygens (including phenoxy) is 2. The number of carbonyl (C=O) groups is 1. The van der Waals surface area contributed by atoms with Gasteiger partial charge in [-0.2, -0.15) is 0 Å². The van der Waals surface area contributed by atoms with Gasteiger partial charge in [-0.25, -0.2) is 9.97 Å². The minimum atomic E-state index is -0.274. The van der Waals surface area contributed by atoms with E-state index < -0.39 is 0 Å². The minimum absolute atomic E-state index is 0.0727. The Morgan fingerprint density at radius 1 is 1.24 bits per heavy atom. The summed E-state index contributed by atoms with van der Waals surface area (Å²) in [6.45, 7) is 2.42. The molecule has 1 amide bonds. The fourth-order valence-corrected chi connectivity index (χ4v) is 3.41. The maximum absolute atomic E-state index is 12.4. The van der Waals surface area contributed by atoms with Crippen molar-refractivity contribution in [3.63, 3.8) is 0 Å². The quantitative estimate of drug-likeness (QED) is 0.839. The van der Waals surface area contributed by atoms with E-state index in [4.69, 9.17) is 9.47 Å². The van der Waals surface area contributed by atoms with Crippen molar-refractivity contribution in [2.45, 2.75) is 31.2 Å². The smallest absolute Gasteiger partial charge is 0.272 e. The van der Waals surface area contributed by atoms with E-state index in [0.29, 0.717) is 32.0 Å². The molecule has 2 saturated heterocycles. The highest BCUT2D eigenvalue weighted by molar-refractivity contribution is 5.92. The summed E-state index contributed by atoms with van der Waals surface area (Å²) < 4.78 is 12.0. The summed E-state index contributed by atoms with van der Waals surface area (Å²) in [5.41, 5.74) is 1.26. The molecule has 2 aliphatic rings. The van der Waals surface area contributed by atoms with Crippen molar-refractivity contribution in [1.82, 2.24) is 19.9 Å². The van der Waals surface area contributed by atoms with Crippen LogP contribution >= 0.6 is 0 Å². The van der Waals surface area contributed by atoms with Gasteiger partial charge in [0.25, 0.3) is 5.91 Å². The van der Waals surface area contributed by atoms with Gasteiger partial charge in [-0.3, -0.25) is 9.78 Å². The molecule has 2 aromatic heterocycles. The summed E-state index contributed by atoms with van der Waals surface area (Å²) >= 11 is 0. The molecule has 0 aliphatic carbocycles. The molecule has 0 aromatic carbocycles. The van der Waals surface area contributed by atoms with Crippen LogP contribution in [0.5, 0.6) is 0 Å². The highest BCUT2D eigenvalue weighted by Gasteiger charge is 2.49. The Morgan fingerprint density at radius 2 is 2.04 bits per heavy atom. The second kappa shape index (κ2) is 6.85. The molecule has 7 heteroatoms. The van der Waals surface area contributed by atoms with Crippen LogP contribution in [-0.4, -0.2) is 57.2 Å². The summed E-state index contributed by atoms with van der Waals surface area (Å²) in [7, 11) is 0. The number of hydrogen-bond acceptors (Lipinski definition) is 6.